The number of carbonyl (C=O) groups is 1. The fourth-order valence-corrected chi connectivity index (χ4v) is 4.23. The summed E-state index contributed by atoms with van der Waals surface area (Å²) in [5.41, 5.74) is 2.47. The molecule has 2 atom stereocenters. The quantitative estimate of drug-likeness (QED) is 0.818. The highest BCUT2D eigenvalue weighted by atomic mass is 35.5. The fraction of sp³-hybridized carbons (Fsp3) is 0.350. The lowest BCUT2D eigenvalue weighted by Gasteiger charge is -2.21. The molecule has 0 fully saturated rings. The van der Waals surface area contributed by atoms with Gasteiger partial charge in [0.1, 0.15) is 5.75 Å². The van der Waals surface area contributed by atoms with Crippen molar-refractivity contribution in [3.8, 4) is 5.75 Å². The Morgan fingerprint density at radius 1 is 1.25 bits per heavy atom. The highest BCUT2D eigenvalue weighted by Gasteiger charge is 2.31. The molecule has 2 aromatic carbocycles. The van der Waals surface area contributed by atoms with Crippen molar-refractivity contribution in [3.05, 3.63) is 58.6 Å². The van der Waals surface area contributed by atoms with Crippen LogP contribution in [0.2, 0.25) is 5.02 Å². The number of amides is 1. The average Bonchev–Trinajstić information content (AvgIpc) is 2.81. The average molecular weight is 423 g/mol. The van der Waals surface area contributed by atoms with Gasteiger partial charge in [-0.05, 0) is 37.6 Å². The van der Waals surface area contributed by atoms with Crippen molar-refractivity contribution in [2.75, 3.05) is 17.1 Å². The van der Waals surface area contributed by atoms with Gasteiger partial charge in [0, 0.05) is 18.0 Å². The normalized spacial score (nSPS) is 17.9. The summed E-state index contributed by atoms with van der Waals surface area (Å²) in [6.45, 7) is 4.03. The third kappa shape index (κ3) is 4.59. The molecule has 0 saturated heterocycles. The number of ether oxygens (including phenoxy) is 1. The summed E-state index contributed by atoms with van der Waals surface area (Å²) in [7, 11) is -3.54. The number of halogens is 1. The summed E-state index contributed by atoms with van der Waals surface area (Å²) in [6.07, 6.45) is 0.545. The van der Waals surface area contributed by atoms with Crippen LogP contribution in [-0.2, 0) is 14.8 Å². The second-order valence-electron chi connectivity index (χ2n) is 6.98. The van der Waals surface area contributed by atoms with Crippen LogP contribution in [0.1, 0.15) is 30.5 Å². The van der Waals surface area contributed by atoms with Gasteiger partial charge >= 0.3 is 0 Å². The molecular weight excluding hydrogens is 400 g/mol. The van der Waals surface area contributed by atoms with E-state index in [4.69, 9.17) is 16.3 Å². The van der Waals surface area contributed by atoms with Gasteiger partial charge in [0.15, 0.2) is 6.10 Å². The maximum absolute atomic E-state index is 12.8. The van der Waals surface area contributed by atoms with Crippen molar-refractivity contribution in [1.82, 2.24) is 5.32 Å². The van der Waals surface area contributed by atoms with Crippen LogP contribution in [-0.4, -0.2) is 33.2 Å². The molecule has 0 saturated carbocycles. The Morgan fingerprint density at radius 3 is 2.57 bits per heavy atom. The molecule has 150 valence electrons. The Balaban J connectivity index is 1.81. The molecule has 1 heterocycles. The fourth-order valence-electron chi connectivity index (χ4n) is 3.13. The number of nitrogens with one attached hydrogen (secondary N) is 1. The topological polar surface area (TPSA) is 75.7 Å². The molecule has 28 heavy (non-hydrogen) atoms. The van der Waals surface area contributed by atoms with Crippen LogP contribution in [0.5, 0.6) is 5.75 Å². The van der Waals surface area contributed by atoms with Crippen molar-refractivity contribution in [2.24, 2.45) is 0 Å². The first-order valence-electron chi connectivity index (χ1n) is 8.96. The lowest BCUT2D eigenvalue weighted by atomic mass is 10.1. The third-order valence-electron chi connectivity index (χ3n) is 4.68. The number of nitrogens with zero attached hydrogens (tertiary/aromatic N) is 1. The largest absolute Gasteiger partial charge is 0.478 e. The van der Waals surface area contributed by atoms with Gasteiger partial charge in [0.2, 0.25) is 10.0 Å². The molecule has 3 rings (SSSR count). The molecule has 0 unspecified atom stereocenters. The number of aryl methyl sites for hydroxylation is 1. The molecule has 0 radical (unpaired) electrons. The first-order chi connectivity index (χ1) is 13.1. The number of hydrogen-bond donors (Lipinski definition) is 1. The molecule has 1 aliphatic rings. The highest BCUT2D eigenvalue weighted by molar-refractivity contribution is 7.92. The maximum atomic E-state index is 12.8. The van der Waals surface area contributed by atoms with Gasteiger partial charge in [-0.1, -0.05) is 41.4 Å². The molecule has 2 aromatic rings. The van der Waals surface area contributed by atoms with Gasteiger partial charge < -0.3 is 10.1 Å². The van der Waals surface area contributed by atoms with E-state index in [2.05, 4.69) is 5.32 Å². The van der Waals surface area contributed by atoms with Crippen molar-refractivity contribution in [2.45, 2.75) is 32.4 Å². The van der Waals surface area contributed by atoms with Crippen molar-refractivity contribution in [3.63, 3.8) is 0 Å². The number of rotatable bonds is 4. The van der Waals surface area contributed by atoms with Crippen LogP contribution in [0, 0.1) is 6.92 Å². The lowest BCUT2D eigenvalue weighted by Crippen LogP contribution is -2.40. The lowest BCUT2D eigenvalue weighted by molar-refractivity contribution is -0.128. The van der Waals surface area contributed by atoms with E-state index in [0.717, 1.165) is 17.4 Å². The van der Waals surface area contributed by atoms with E-state index in [9.17, 15) is 13.2 Å². The van der Waals surface area contributed by atoms with Crippen LogP contribution >= 0.6 is 11.6 Å². The molecular formula is C20H23ClN2O4S. The van der Waals surface area contributed by atoms with Gasteiger partial charge in [-0.15, -0.1) is 0 Å². The van der Waals surface area contributed by atoms with E-state index < -0.39 is 16.1 Å². The van der Waals surface area contributed by atoms with E-state index in [0.29, 0.717) is 16.5 Å². The maximum Gasteiger partial charge on any atom is 0.261 e. The molecule has 0 spiro atoms. The van der Waals surface area contributed by atoms with Gasteiger partial charge in [-0.2, -0.15) is 0 Å². The predicted octanol–water partition coefficient (Wildman–Crippen LogP) is 3.44. The summed E-state index contributed by atoms with van der Waals surface area (Å²) < 4.78 is 31.5. The Kier molecular flexibility index (Phi) is 5.86. The van der Waals surface area contributed by atoms with Crippen LogP contribution in [0.25, 0.3) is 0 Å². The monoisotopic (exact) mass is 422 g/mol. The van der Waals surface area contributed by atoms with Crippen LogP contribution in [0.3, 0.4) is 0 Å². The smallest absolute Gasteiger partial charge is 0.261 e. The Hall–Kier alpha value is -2.25. The Morgan fingerprint density at radius 2 is 1.93 bits per heavy atom. The molecule has 0 bridgehead atoms. The standard InChI is InChI=1S/C20H23ClN2O4S/c1-13-4-6-15(7-5-13)14(2)22-20(24)19-10-11-23(28(3,25)26)17-12-16(21)8-9-18(17)27-19/h4-9,12,14,19H,10-11H2,1-3H3,(H,22,24)/t14-,19+/m0/s1. The van der Waals surface area contributed by atoms with Gasteiger partial charge in [0.05, 0.1) is 18.0 Å². The summed E-state index contributed by atoms with van der Waals surface area (Å²) in [5, 5.41) is 3.35. The van der Waals surface area contributed by atoms with Crippen LogP contribution < -0.4 is 14.4 Å². The predicted molar refractivity (Wildman–Crippen MR) is 110 cm³/mol. The molecule has 0 aliphatic carbocycles. The zero-order chi connectivity index (χ0) is 20.5. The molecule has 6 nitrogen and oxygen atoms in total. The van der Waals surface area contributed by atoms with Crippen molar-refractivity contribution >= 4 is 33.2 Å². The van der Waals surface area contributed by atoms with Gasteiger partial charge in [-0.25, -0.2) is 8.42 Å². The zero-order valence-electron chi connectivity index (χ0n) is 16.0. The van der Waals surface area contributed by atoms with Crippen LogP contribution in [0.4, 0.5) is 5.69 Å². The molecule has 0 aromatic heterocycles. The van der Waals surface area contributed by atoms with E-state index in [1.54, 1.807) is 12.1 Å². The summed E-state index contributed by atoms with van der Waals surface area (Å²) >= 11 is 6.04. The minimum Gasteiger partial charge on any atom is -0.478 e. The summed E-state index contributed by atoms with van der Waals surface area (Å²) in [6, 6.07) is 12.5. The van der Waals surface area contributed by atoms with E-state index in [1.807, 2.05) is 38.1 Å². The number of carbonyl (C=O) groups excluding carboxylic acids is 1. The molecule has 1 aliphatic heterocycles. The minimum absolute atomic E-state index is 0.128. The number of hydrogen-bond acceptors (Lipinski definition) is 4. The number of anilines is 1. The number of fused-ring (bicyclic) bond motifs is 1. The number of benzene rings is 2. The Bertz CT molecular complexity index is 976. The Labute approximate surface area is 170 Å². The van der Waals surface area contributed by atoms with Crippen molar-refractivity contribution < 1.29 is 17.9 Å². The second kappa shape index (κ2) is 8.01. The van der Waals surface area contributed by atoms with Gasteiger partial charge in [0.25, 0.3) is 5.91 Å². The molecule has 1 N–H and O–H groups in total. The van der Waals surface area contributed by atoms with E-state index in [-0.39, 0.29) is 24.9 Å². The third-order valence-corrected chi connectivity index (χ3v) is 6.10. The first-order valence-corrected chi connectivity index (χ1v) is 11.2. The van der Waals surface area contributed by atoms with Crippen molar-refractivity contribution in [1.29, 1.82) is 0 Å². The molecule has 1 amide bonds. The highest BCUT2D eigenvalue weighted by Crippen LogP contribution is 2.36. The number of sulfonamides is 1. The SMILES string of the molecule is Cc1ccc([C@H](C)NC(=O)[C@H]2CCN(S(C)(=O)=O)c3cc(Cl)ccc3O2)cc1. The van der Waals surface area contributed by atoms with E-state index >= 15 is 0 Å². The zero-order valence-corrected chi connectivity index (χ0v) is 17.5. The van der Waals surface area contributed by atoms with E-state index in [1.165, 1.54) is 10.4 Å². The summed E-state index contributed by atoms with van der Waals surface area (Å²) in [4.78, 5) is 12.8. The van der Waals surface area contributed by atoms with Crippen LogP contribution in [0.15, 0.2) is 42.5 Å². The second-order valence-corrected chi connectivity index (χ2v) is 9.33. The molecule has 8 heteroatoms. The summed E-state index contributed by atoms with van der Waals surface area (Å²) in [5.74, 6) is 0.0276. The van der Waals surface area contributed by atoms with Gasteiger partial charge in [-0.3, -0.25) is 9.10 Å². The minimum atomic E-state index is -3.54. The first kappa shape index (κ1) is 20.5.